The van der Waals surface area contributed by atoms with Crippen molar-refractivity contribution >= 4 is 23.3 Å². The molecule has 0 saturated carbocycles. The van der Waals surface area contributed by atoms with E-state index in [1.165, 1.54) is 25.3 Å². The lowest BCUT2D eigenvalue weighted by molar-refractivity contribution is -0.137. The van der Waals surface area contributed by atoms with E-state index in [1.807, 2.05) is 24.3 Å². The Hall–Kier alpha value is -4.46. The molecule has 3 aromatic rings. The predicted octanol–water partition coefficient (Wildman–Crippen LogP) is 9.97. The summed E-state index contributed by atoms with van der Waals surface area (Å²) >= 11 is 0. The Labute approximate surface area is 267 Å². The topological polar surface area (TPSA) is 95.8 Å². The number of azo groups is 1. The summed E-state index contributed by atoms with van der Waals surface area (Å²) < 4.78 is 22.1. The molecule has 1 unspecified atom stereocenters. The van der Waals surface area contributed by atoms with Crippen molar-refractivity contribution in [2.75, 3.05) is 19.8 Å². The third-order valence-corrected chi connectivity index (χ3v) is 7.20. The molecule has 8 heteroatoms. The fourth-order valence-corrected chi connectivity index (χ4v) is 4.20. The first kappa shape index (κ1) is 35.0. The molecular weight excluding hydrogens is 568 g/mol. The van der Waals surface area contributed by atoms with Crippen LogP contribution in [0.1, 0.15) is 82.0 Å². The fourth-order valence-electron chi connectivity index (χ4n) is 4.20. The van der Waals surface area contributed by atoms with Crippen LogP contribution in [0.25, 0.3) is 0 Å². The lowest BCUT2D eigenvalue weighted by atomic mass is 10.1. The quantitative estimate of drug-likeness (QED) is 0.0389. The maximum Gasteiger partial charge on any atom is 0.343 e. The minimum atomic E-state index is -0.440. The van der Waals surface area contributed by atoms with Crippen molar-refractivity contribution in [1.82, 2.24) is 0 Å². The summed E-state index contributed by atoms with van der Waals surface area (Å²) in [7, 11) is 0. The largest absolute Gasteiger partial charge is 0.494 e. The van der Waals surface area contributed by atoms with Crippen LogP contribution in [0.3, 0.4) is 0 Å². The maximum atomic E-state index is 12.6. The third-order valence-electron chi connectivity index (χ3n) is 7.20. The number of benzene rings is 3. The van der Waals surface area contributed by atoms with Gasteiger partial charge < -0.3 is 18.9 Å². The molecule has 3 rings (SSSR count). The average molecular weight is 615 g/mol. The number of carbonyl (C=O) groups is 2. The maximum absolute atomic E-state index is 12.6. The highest BCUT2D eigenvalue weighted by atomic mass is 16.5. The van der Waals surface area contributed by atoms with Gasteiger partial charge in [-0.3, -0.25) is 0 Å². The molecule has 0 heterocycles. The number of hydrogen-bond acceptors (Lipinski definition) is 8. The summed E-state index contributed by atoms with van der Waals surface area (Å²) in [5.41, 5.74) is 1.81. The van der Waals surface area contributed by atoms with Crippen molar-refractivity contribution in [2.45, 2.75) is 71.6 Å². The highest BCUT2D eigenvalue weighted by molar-refractivity contribution is 5.91. The zero-order chi connectivity index (χ0) is 32.1. The molecule has 45 heavy (non-hydrogen) atoms. The molecule has 1 atom stereocenters. The number of nitrogens with zero attached hydrogens (tertiary/aromatic N) is 2. The Balaban J connectivity index is 1.29. The van der Waals surface area contributed by atoms with E-state index in [1.54, 1.807) is 48.5 Å². The molecule has 0 amide bonds. The molecule has 0 saturated heterocycles. The van der Waals surface area contributed by atoms with Crippen molar-refractivity contribution in [3.63, 3.8) is 0 Å². The van der Waals surface area contributed by atoms with E-state index in [-0.39, 0.29) is 5.97 Å². The summed E-state index contributed by atoms with van der Waals surface area (Å²) in [6.45, 7) is 9.50. The van der Waals surface area contributed by atoms with Crippen LogP contribution in [0.2, 0.25) is 0 Å². The average Bonchev–Trinajstić information content (AvgIpc) is 3.07. The molecule has 240 valence electrons. The Kier molecular flexibility index (Phi) is 15.9. The van der Waals surface area contributed by atoms with Crippen LogP contribution < -0.4 is 14.2 Å². The second kappa shape index (κ2) is 20.5. The van der Waals surface area contributed by atoms with Crippen LogP contribution in [0.5, 0.6) is 17.2 Å². The molecule has 0 aliphatic rings. The lowest BCUT2D eigenvalue weighted by Gasteiger charge is -2.10. The van der Waals surface area contributed by atoms with Gasteiger partial charge in [-0.05, 0) is 91.6 Å². The standard InChI is InChI=1S/C37H46N2O6/c1-4-29(3)28-44-34-22-16-31(17-23-34)38-39-32-18-24-35(25-19-32)45-37(41)30-14-20-33(21-15-30)42-26-12-10-8-6-7-9-11-13-27-43-36(40)5-2/h5,14-25,29H,2,4,6-13,26-28H2,1,3H3. The van der Waals surface area contributed by atoms with Crippen LogP contribution in [0, 0.1) is 5.92 Å². The minimum Gasteiger partial charge on any atom is -0.494 e. The summed E-state index contributed by atoms with van der Waals surface area (Å²) in [5, 5.41) is 8.54. The van der Waals surface area contributed by atoms with Gasteiger partial charge in [0.2, 0.25) is 0 Å². The van der Waals surface area contributed by atoms with E-state index in [9.17, 15) is 9.59 Å². The first-order valence-electron chi connectivity index (χ1n) is 16.0. The van der Waals surface area contributed by atoms with Crippen LogP contribution >= 0.6 is 0 Å². The summed E-state index contributed by atoms with van der Waals surface area (Å²) in [6, 6.07) is 21.4. The Morgan fingerprint density at radius 1 is 0.689 bits per heavy atom. The third kappa shape index (κ3) is 14.2. The van der Waals surface area contributed by atoms with Gasteiger partial charge in [-0.1, -0.05) is 65.4 Å². The molecule has 0 aliphatic carbocycles. The summed E-state index contributed by atoms with van der Waals surface area (Å²) in [6.07, 6.45) is 11.1. The summed E-state index contributed by atoms with van der Waals surface area (Å²) in [5.74, 6) is 1.69. The Morgan fingerprint density at radius 3 is 1.73 bits per heavy atom. The lowest BCUT2D eigenvalue weighted by Crippen LogP contribution is -2.08. The van der Waals surface area contributed by atoms with E-state index >= 15 is 0 Å². The van der Waals surface area contributed by atoms with Crippen molar-refractivity contribution in [2.24, 2.45) is 16.1 Å². The smallest absolute Gasteiger partial charge is 0.343 e. The molecule has 0 aromatic heterocycles. The number of hydrogen-bond donors (Lipinski definition) is 0. The van der Waals surface area contributed by atoms with Gasteiger partial charge in [0, 0.05) is 6.08 Å². The monoisotopic (exact) mass is 614 g/mol. The van der Waals surface area contributed by atoms with Crippen LogP contribution in [-0.4, -0.2) is 31.8 Å². The van der Waals surface area contributed by atoms with Gasteiger partial charge in [-0.2, -0.15) is 10.2 Å². The normalized spacial score (nSPS) is 11.6. The highest BCUT2D eigenvalue weighted by Gasteiger charge is 2.09. The van der Waals surface area contributed by atoms with E-state index in [0.29, 0.717) is 42.7 Å². The molecular formula is C37H46N2O6. The van der Waals surface area contributed by atoms with Crippen LogP contribution in [0.4, 0.5) is 11.4 Å². The van der Waals surface area contributed by atoms with Gasteiger partial charge in [0.1, 0.15) is 17.2 Å². The van der Waals surface area contributed by atoms with E-state index < -0.39 is 5.97 Å². The van der Waals surface area contributed by atoms with E-state index in [4.69, 9.17) is 18.9 Å². The minimum absolute atomic E-state index is 0.351. The van der Waals surface area contributed by atoms with Crippen molar-refractivity contribution in [3.05, 3.63) is 91.0 Å². The van der Waals surface area contributed by atoms with Gasteiger partial charge in [0.05, 0.1) is 36.8 Å². The van der Waals surface area contributed by atoms with Crippen molar-refractivity contribution < 1.29 is 28.5 Å². The van der Waals surface area contributed by atoms with Crippen LogP contribution in [-0.2, 0) is 9.53 Å². The Morgan fingerprint density at radius 2 is 1.18 bits per heavy atom. The second-order valence-electron chi connectivity index (χ2n) is 11.0. The molecule has 3 aromatic carbocycles. The fraction of sp³-hybridized carbons (Fsp3) is 0.405. The van der Waals surface area contributed by atoms with E-state index in [0.717, 1.165) is 55.7 Å². The van der Waals surface area contributed by atoms with Gasteiger partial charge in [0.15, 0.2) is 0 Å². The molecule has 0 bridgehead atoms. The molecule has 0 radical (unpaired) electrons. The molecule has 0 spiro atoms. The number of unbranched alkanes of at least 4 members (excludes halogenated alkanes) is 7. The first-order valence-corrected chi connectivity index (χ1v) is 16.0. The van der Waals surface area contributed by atoms with Crippen LogP contribution in [0.15, 0.2) is 95.7 Å². The number of rotatable bonds is 21. The zero-order valence-corrected chi connectivity index (χ0v) is 26.6. The highest BCUT2D eigenvalue weighted by Crippen LogP contribution is 2.24. The molecule has 8 nitrogen and oxygen atoms in total. The molecule has 0 N–H and O–H groups in total. The van der Waals surface area contributed by atoms with E-state index in [2.05, 4.69) is 30.7 Å². The van der Waals surface area contributed by atoms with Gasteiger partial charge in [0.25, 0.3) is 0 Å². The van der Waals surface area contributed by atoms with Gasteiger partial charge in [-0.25, -0.2) is 9.59 Å². The van der Waals surface area contributed by atoms with Gasteiger partial charge >= 0.3 is 11.9 Å². The summed E-state index contributed by atoms with van der Waals surface area (Å²) in [4.78, 5) is 23.6. The van der Waals surface area contributed by atoms with Gasteiger partial charge in [-0.15, -0.1) is 0 Å². The first-order chi connectivity index (χ1) is 22.0. The Bertz CT molecular complexity index is 1320. The number of carbonyl (C=O) groups excluding carboxylic acids is 2. The zero-order valence-electron chi connectivity index (χ0n) is 26.6. The van der Waals surface area contributed by atoms with Crippen molar-refractivity contribution in [3.8, 4) is 17.2 Å². The molecule has 0 fully saturated rings. The molecule has 0 aliphatic heterocycles. The van der Waals surface area contributed by atoms with Crippen molar-refractivity contribution in [1.29, 1.82) is 0 Å². The predicted molar refractivity (Wildman–Crippen MR) is 177 cm³/mol. The number of esters is 2. The number of ether oxygens (including phenoxy) is 4. The SMILES string of the molecule is C=CC(=O)OCCCCCCCCCCOc1ccc(C(=O)Oc2ccc(N=Nc3ccc(OCC(C)CC)cc3)cc2)cc1. The second-order valence-corrected chi connectivity index (χ2v) is 11.0.